The quantitative estimate of drug-likeness (QED) is 0.713. The van der Waals surface area contributed by atoms with Crippen LogP contribution in [0.5, 0.6) is 0 Å². The smallest absolute Gasteiger partial charge is 0.161 e. The summed E-state index contributed by atoms with van der Waals surface area (Å²) in [6, 6.07) is 3.37. The number of hydrogen-bond acceptors (Lipinski definition) is 3. The van der Waals surface area contributed by atoms with E-state index >= 15 is 0 Å². The molecule has 0 amide bonds. The molecule has 0 saturated carbocycles. The van der Waals surface area contributed by atoms with Gasteiger partial charge in [0.2, 0.25) is 0 Å². The van der Waals surface area contributed by atoms with Crippen LogP contribution >= 0.6 is 46.6 Å². The Bertz CT molecular complexity index is 513. The van der Waals surface area contributed by atoms with Crippen molar-refractivity contribution in [3.8, 4) is 0 Å². The van der Waals surface area contributed by atoms with Gasteiger partial charge in [0.15, 0.2) is 5.17 Å². The summed E-state index contributed by atoms with van der Waals surface area (Å²) in [5.74, 6) is 1.00. The zero-order valence-corrected chi connectivity index (χ0v) is 13.8. The standard InChI is InChI=1S/C13H15Cl3N2S/c1-3-13(4-2)7-19-12(18-13)17-11-6-9(15)8(14)5-10(11)16/h5-6H,3-4,7H2,1-2H3,(H,17,18). The molecule has 2 nitrogen and oxygen atoms in total. The highest BCUT2D eigenvalue weighted by Crippen LogP contribution is 2.36. The molecule has 0 radical (unpaired) electrons. The van der Waals surface area contributed by atoms with E-state index in [9.17, 15) is 0 Å². The van der Waals surface area contributed by atoms with Crippen LogP contribution in [0.3, 0.4) is 0 Å². The van der Waals surface area contributed by atoms with Crippen LogP contribution in [0, 0.1) is 0 Å². The molecule has 0 spiro atoms. The van der Waals surface area contributed by atoms with E-state index in [0.29, 0.717) is 15.1 Å². The largest absolute Gasteiger partial charge is 0.334 e. The van der Waals surface area contributed by atoms with Crippen molar-refractivity contribution in [1.29, 1.82) is 0 Å². The number of anilines is 1. The number of halogens is 3. The second kappa shape index (κ2) is 6.13. The number of amidine groups is 1. The predicted octanol–water partition coefficient (Wildman–Crippen LogP) is 5.72. The van der Waals surface area contributed by atoms with Crippen LogP contribution in [-0.4, -0.2) is 16.5 Å². The number of hydrogen-bond donors (Lipinski definition) is 1. The number of benzene rings is 1. The van der Waals surface area contributed by atoms with E-state index in [1.54, 1.807) is 23.9 Å². The van der Waals surface area contributed by atoms with E-state index in [4.69, 9.17) is 39.8 Å². The average molecular weight is 338 g/mol. The number of aliphatic imine (C=N–C) groups is 1. The molecule has 0 fully saturated rings. The van der Waals surface area contributed by atoms with Crippen LogP contribution < -0.4 is 5.32 Å². The van der Waals surface area contributed by atoms with Gasteiger partial charge in [-0.3, -0.25) is 4.99 Å². The fourth-order valence-corrected chi connectivity index (χ4v) is 3.81. The second-order valence-corrected chi connectivity index (χ2v) is 6.69. The summed E-state index contributed by atoms with van der Waals surface area (Å²) in [7, 11) is 0. The fraction of sp³-hybridized carbons (Fsp3) is 0.462. The summed E-state index contributed by atoms with van der Waals surface area (Å²) < 4.78 is 0. The number of thioether (sulfide) groups is 1. The number of rotatable bonds is 3. The summed E-state index contributed by atoms with van der Waals surface area (Å²) in [4.78, 5) is 4.78. The van der Waals surface area contributed by atoms with Crippen molar-refractivity contribution >= 4 is 57.4 Å². The summed E-state index contributed by atoms with van der Waals surface area (Å²) in [6.45, 7) is 4.34. The van der Waals surface area contributed by atoms with Gasteiger partial charge in [-0.25, -0.2) is 0 Å². The molecule has 1 aromatic rings. The summed E-state index contributed by atoms with van der Waals surface area (Å²) in [5.41, 5.74) is 0.792. The van der Waals surface area contributed by atoms with E-state index in [-0.39, 0.29) is 5.54 Å². The first-order chi connectivity index (χ1) is 8.99. The van der Waals surface area contributed by atoms with Crippen molar-refractivity contribution in [2.24, 2.45) is 4.99 Å². The Morgan fingerprint density at radius 3 is 2.37 bits per heavy atom. The van der Waals surface area contributed by atoms with Gasteiger partial charge >= 0.3 is 0 Å². The van der Waals surface area contributed by atoms with Crippen molar-refractivity contribution in [3.05, 3.63) is 27.2 Å². The van der Waals surface area contributed by atoms with Crippen LogP contribution in [0.25, 0.3) is 0 Å². The summed E-state index contributed by atoms with van der Waals surface area (Å²) in [6.07, 6.45) is 2.08. The molecule has 1 aliphatic heterocycles. The van der Waals surface area contributed by atoms with Gasteiger partial charge in [0, 0.05) is 5.75 Å². The molecule has 104 valence electrons. The maximum Gasteiger partial charge on any atom is 0.161 e. The van der Waals surface area contributed by atoms with Crippen LogP contribution in [-0.2, 0) is 0 Å². The van der Waals surface area contributed by atoms with Gasteiger partial charge < -0.3 is 5.32 Å². The van der Waals surface area contributed by atoms with Crippen molar-refractivity contribution in [3.63, 3.8) is 0 Å². The Balaban J connectivity index is 2.21. The van der Waals surface area contributed by atoms with Crippen molar-refractivity contribution < 1.29 is 0 Å². The normalized spacial score (nSPS) is 17.4. The van der Waals surface area contributed by atoms with E-state index in [0.717, 1.165) is 29.4 Å². The van der Waals surface area contributed by atoms with Gasteiger partial charge in [0.1, 0.15) is 0 Å². The summed E-state index contributed by atoms with van der Waals surface area (Å²) >= 11 is 19.8. The van der Waals surface area contributed by atoms with Crippen LogP contribution in [0.4, 0.5) is 5.69 Å². The third-order valence-electron chi connectivity index (χ3n) is 3.38. The highest BCUT2D eigenvalue weighted by atomic mass is 35.5. The predicted molar refractivity (Wildman–Crippen MR) is 88.3 cm³/mol. The van der Waals surface area contributed by atoms with Crippen LogP contribution in [0.2, 0.25) is 15.1 Å². The molecule has 0 aromatic heterocycles. The molecule has 1 heterocycles. The minimum absolute atomic E-state index is 0.0513. The average Bonchev–Trinajstić information content (AvgIpc) is 2.80. The molecule has 0 aliphatic carbocycles. The Morgan fingerprint density at radius 2 is 1.79 bits per heavy atom. The summed E-state index contributed by atoms with van der Waals surface area (Å²) in [5, 5.41) is 5.61. The van der Waals surface area contributed by atoms with Gasteiger partial charge in [-0.05, 0) is 25.0 Å². The highest BCUT2D eigenvalue weighted by Gasteiger charge is 2.32. The lowest BCUT2D eigenvalue weighted by molar-refractivity contribution is 0.456. The maximum atomic E-state index is 6.15. The molecule has 1 N–H and O–H groups in total. The third kappa shape index (κ3) is 3.33. The first kappa shape index (κ1) is 15.3. The zero-order valence-electron chi connectivity index (χ0n) is 10.8. The van der Waals surface area contributed by atoms with Gasteiger partial charge in [0.05, 0.1) is 26.3 Å². The molecule has 2 rings (SSSR count). The molecule has 1 aromatic carbocycles. The number of nitrogens with one attached hydrogen (secondary N) is 1. The van der Waals surface area contributed by atoms with Crippen molar-refractivity contribution in [1.82, 2.24) is 0 Å². The molecular formula is C13H15Cl3N2S. The lowest BCUT2D eigenvalue weighted by atomic mass is 9.97. The SMILES string of the molecule is CCC1(CC)CSC(Nc2cc(Cl)c(Cl)cc2Cl)=N1. The Hall–Kier alpha value is -0.0900. The van der Waals surface area contributed by atoms with Gasteiger partial charge in [-0.15, -0.1) is 0 Å². The van der Waals surface area contributed by atoms with E-state index < -0.39 is 0 Å². The maximum absolute atomic E-state index is 6.15. The third-order valence-corrected chi connectivity index (χ3v) is 5.57. The minimum atomic E-state index is 0.0513. The molecule has 0 unspecified atom stereocenters. The van der Waals surface area contributed by atoms with E-state index in [2.05, 4.69) is 19.2 Å². The molecular weight excluding hydrogens is 323 g/mol. The minimum Gasteiger partial charge on any atom is -0.334 e. The molecule has 6 heteroatoms. The van der Waals surface area contributed by atoms with E-state index in [1.807, 2.05) is 0 Å². The van der Waals surface area contributed by atoms with Crippen LogP contribution in [0.15, 0.2) is 17.1 Å². The molecule has 0 saturated heterocycles. The fourth-order valence-electron chi connectivity index (χ4n) is 1.89. The lowest BCUT2D eigenvalue weighted by Gasteiger charge is -2.20. The van der Waals surface area contributed by atoms with Gasteiger partial charge in [0.25, 0.3) is 0 Å². The Kier molecular flexibility index (Phi) is 4.93. The first-order valence-corrected chi connectivity index (χ1v) is 8.26. The molecule has 0 atom stereocenters. The topological polar surface area (TPSA) is 24.4 Å². The Morgan fingerprint density at radius 1 is 1.16 bits per heavy atom. The first-order valence-electron chi connectivity index (χ1n) is 6.14. The highest BCUT2D eigenvalue weighted by molar-refractivity contribution is 8.14. The van der Waals surface area contributed by atoms with E-state index in [1.165, 1.54) is 0 Å². The van der Waals surface area contributed by atoms with Crippen molar-refractivity contribution in [2.75, 3.05) is 11.1 Å². The molecule has 0 bridgehead atoms. The molecule has 1 aliphatic rings. The molecule has 19 heavy (non-hydrogen) atoms. The monoisotopic (exact) mass is 336 g/mol. The van der Waals surface area contributed by atoms with Gasteiger partial charge in [-0.2, -0.15) is 0 Å². The second-order valence-electron chi connectivity index (χ2n) is 4.51. The lowest BCUT2D eigenvalue weighted by Crippen LogP contribution is -2.24. The Labute approximate surface area is 132 Å². The number of nitrogens with zero attached hydrogens (tertiary/aromatic N) is 1. The van der Waals surface area contributed by atoms with Crippen molar-refractivity contribution in [2.45, 2.75) is 32.2 Å². The van der Waals surface area contributed by atoms with Gasteiger partial charge in [-0.1, -0.05) is 60.4 Å². The zero-order chi connectivity index (χ0) is 14.0. The van der Waals surface area contributed by atoms with Crippen LogP contribution in [0.1, 0.15) is 26.7 Å².